The lowest BCUT2D eigenvalue weighted by Crippen LogP contribution is -2.51. The zero-order chi connectivity index (χ0) is 26.2. The van der Waals surface area contributed by atoms with Crippen molar-refractivity contribution in [3.8, 4) is 11.5 Å². The number of piperidine rings is 1. The van der Waals surface area contributed by atoms with Crippen LogP contribution in [0.4, 0.5) is 4.79 Å². The van der Waals surface area contributed by atoms with Crippen molar-refractivity contribution in [2.24, 2.45) is 5.92 Å². The molecule has 0 aliphatic carbocycles. The van der Waals surface area contributed by atoms with E-state index in [4.69, 9.17) is 18.9 Å². The van der Waals surface area contributed by atoms with Crippen molar-refractivity contribution in [2.45, 2.75) is 39.7 Å². The fraction of sp³-hybridized carbons (Fsp3) is 0.577. The molecule has 2 aliphatic heterocycles. The number of nitrogens with zero attached hydrogens (tertiary/aromatic N) is 2. The molecule has 2 aliphatic rings. The van der Waals surface area contributed by atoms with Crippen LogP contribution in [0.3, 0.4) is 0 Å². The number of esters is 2. The minimum absolute atomic E-state index is 0.129. The van der Waals surface area contributed by atoms with Crippen LogP contribution >= 0.6 is 0 Å². The molecule has 0 spiro atoms. The van der Waals surface area contributed by atoms with E-state index in [0.29, 0.717) is 74.0 Å². The van der Waals surface area contributed by atoms with E-state index in [1.165, 1.54) is 7.11 Å². The molecule has 0 radical (unpaired) electrons. The first-order chi connectivity index (χ1) is 17.4. The predicted molar refractivity (Wildman–Crippen MR) is 133 cm³/mol. The zero-order valence-corrected chi connectivity index (χ0v) is 21.8. The molecule has 1 saturated heterocycles. The van der Waals surface area contributed by atoms with Crippen LogP contribution in [0.5, 0.6) is 11.5 Å². The number of benzene rings is 1. The molecule has 198 valence electrons. The number of urea groups is 1. The molecule has 10 nitrogen and oxygen atoms in total. The van der Waals surface area contributed by atoms with Gasteiger partial charge < -0.3 is 24.3 Å². The molecule has 1 unspecified atom stereocenters. The molecule has 1 fully saturated rings. The highest BCUT2D eigenvalue weighted by Crippen LogP contribution is 2.36. The highest BCUT2D eigenvalue weighted by molar-refractivity contribution is 5.95. The van der Waals surface area contributed by atoms with E-state index in [2.05, 4.69) is 10.2 Å². The number of likely N-dealkylation sites (N-methyl/N-ethyl adjacent to an activating group) is 1. The summed E-state index contributed by atoms with van der Waals surface area (Å²) in [5.41, 5.74) is 1.67. The number of nitrogens with one attached hydrogen (secondary N) is 1. The lowest BCUT2D eigenvalue weighted by atomic mass is 9.92. The second-order valence-corrected chi connectivity index (χ2v) is 8.62. The highest BCUT2D eigenvalue weighted by atomic mass is 16.5. The van der Waals surface area contributed by atoms with Gasteiger partial charge in [0.2, 0.25) is 0 Å². The predicted octanol–water partition coefficient (Wildman–Crippen LogP) is 2.88. The molecule has 2 heterocycles. The summed E-state index contributed by atoms with van der Waals surface area (Å²) in [6.45, 7) is 8.09. The van der Waals surface area contributed by atoms with Crippen LogP contribution < -0.4 is 14.8 Å². The fourth-order valence-corrected chi connectivity index (χ4v) is 4.74. The molecule has 1 aromatic rings. The second kappa shape index (κ2) is 12.6. The number of likely N-dealkylation sites (tertiary alicyclic amines) is 1. The number of carbonyl (C=O) groups is 3. The molecule has 1 atom stereocenters. The smallest absolute Gasteiger partial charge is 0.338 e. The number of carbonyl (C=O) groups excluding carboxylic acids is 3. The van der Waals surface area contributed by atoms with Crippen molar-refractivity contribution in [1.29, 1.82) is 0 Å². The van der Waals surface area contributed by atoms with Crippen LogP contribution in [0.2, 0.25) is 0 Å². The van der Waals surface area contributed by atoms with Gasteiger partial charge in [-0.25, -0.2) is 9.59 Å². The normalized spacial score (nSPS) is 19.1. The maximum Gasteiger partial charge on any atom is 0.338 e. The van der Waals surface area contributed by atoms with Gasteiger partial charge in [0.1, 0.15) is 0 Å². The molecule has 0 aromatic heterocycles. The molecule has 36 heavy (non-hydrogen) atoms. The van der Waals surface area contributed by atoms with Gasteiger partial charge in [0.25, 0.3) is 0 Å². The summed E-state index contributed by atoms with van der Waals surface area (Å²) in [6, 6.07) is 4.30. The third kappa shape index (κ3) is 5.92. The summed E-state index contributed by atoms with van der Waals surface area (Å²) < 4.78 is 21.4. The quantitative estimate of drug-likeness (QED) is 0.486. The van der Waals surface area contributed by atoms with Crippen LogP contribution in [0.15, 0.2) is 29.5 Å². The lowest BCUT2D eigenvalue weighted by Gasteiger charge is -2.39. The Bertz CT molecular complexity index is 986. The van der Waals surface area contributed by atoms with E-state index in [-0.39, 0.29) is 24.5 Å². The van der Waals surface area contributed by atoms with E-state index in [1.54, 1.807) is 44.1 Å². The number of methoxy groups -OCH3 is 2. The van der Waals surface area contributed by atoms with Gasteiger partial charge in [0.05, 0.1) is 45.0 Å². The van der Waals surface area contributed by atoms with E-state index >= 15 is 0 Å². The van der Waals surface area contributed by atoms with Gasteiger partial charge in [-0.05, 0) is 64.4 Å². The van der Waals surface area contributed by atoms with Gasteiger partial charge in [0.15, 0.2) is 11.5 Å². The standard InChI is InChI=1S/C26H37N3O7/c1-6-29-19(16-28-13-11-17(12-14-28)24(30)35-7-2)22(25(31)36-8-3)23(27-26(29)32)18-9-10-20(33-4)21(15-18)34-5/h9-10,15,17,23H,6-8,11-14,16H2,1-5H3,(H,27,32). The van der Waals surface area contributed by atoms with Crippen molar-refractivity contribution in [2.75, 3.05) is 53.6 Å². The van der Waals surface area contributed by atoms with Crippen molar-refractivity contribution in [1.82, 2.24) is 15.1 Å². The molecule has 2 amide bonds. The van der Waals surface area contributed by atoms with Gasteiger partial charge in [-0.2, -0.15) is 0 Å². The summed E-state index contributed by atoms with van der Waals surface area (Å²) in [5.74, 6) is 0.269. The minimum Gasteiger partial charge on any atom is -0.493 e. The minimum atomic E-state index is -0.716. The Hall–Kier alpha value is -3.27. The Kier molecular flexibility index (Phi) is 9.58. The molecule has 3 rings (SSSR count). The van der Waals surface area contributed by atoms with Gasteiger partial charge in [0, 0.05) is 18.8 Å². The number of ether oxygens (including phenoxy) is 4. The van der Waals surface area contributed by atoms with Crippen LogP contribution in [0.1, 0.15) is 45.2 Å². The number of rotatable bonds is 10. The average molecular weight is 504 g/mol. The molecule has 0 bridgehead atoms. The molecular formula is C26H37N3O7. The third-order valence-electron chi connectivity index (χ3n) is 6.57. The van der Waals surface area contributed by atoms with Gasteiger partial charge in [-0.15, -0.1) is 0 Å². The Labute approximate surface area is 212 Å². The maximum absolute atomic E-state index is 13.3. The van der Waals surface area contributed by atoms with Crippen molar-refractivity contribution in [3.05, 3.63) is 35.0 Å². The SMILES string of the molecule is CCOC(=O)C1=C(CN2CCC(C(=O)OCC)CC2)N(CC)C(=O)NC1c1ccc(OC)c(OC)c1. The van der Waals surface area contributed by atoms with Gasteiger partial charge in [-0.1, -0.05) is 6.07 Å². The van der Waals surface area contributed by atoms with Gasteiger partial charge in [-0.3, -0.25) is 14.6 Å². The van der Waals surface area contributed by atoms with Crippen LogP contribution in [0.25, 0.3) is 0 Å². The third-order valence-corrected chi connectivity index (χ3v) is 6.57. The first-order valence-electron chi connectivity index (χ1n) is 12.5. The van der Waals surface area contributed by atoms with Crippen LogP contribution in [0, 0.1) is 5.92 Å². The Balaban J connectivity index is 1.98. The summed E-state index contributed by atoms with van der Waals surface area (Å²) >= 11 is 0. The van der Waals surface area contributed by atoms with Crippen molar-refractivity contribution in [3.63, 3.8) is 0 Å². The monoisotopic (exact) mass is 503 g/mol. The summed E-state index contributed by atoms with van der Waals surface area (Å²) in [7, 11) is 3.08. The van der Waals surface area contributed by atoms with Crippen LogP contribution in [-0.4, -0.2) is 81.4 Å². The highest BCUT2D eigenvalue weighted by Gasteiger charge is 2.39. The van der Waals surface area contributed by atoms with E-state index < -0.39 is 12.0 Å². The van der Waals surface area contributed by atoms with Crippen LogP contribution in [-0.2, 0) is 19.1 Å². The first-order valence-corrected chi connectivity index (χ1v) is 12.5. The van der Waals surface area contributed by atoms with E-state index in [0.717, 1.165) is 0 Å². The Morgan fingerprint density at radius 3 is 2.25 bits per heavy atom. The Morgan fingerprint density at radius 1 is 1.00 bits per heavy atom. The topological polar surface area (TPSA) is 107 Å². The van der Waals surface area contributed by atoms with Crippen molar-refractivity contribution >= 4 is 18.0 Å². The van der Waals surface area contributed by atoms with Gasteiger partial charge >= 0.3 is 18.0 Å². The summed E-state index contributed by atoms with van der Waals surface area (Å²) in [5, 5.41) is 2.97. The number of hydrogen-bond donors (Lipinski definition) is 1. The number of amides is 2. The molecule has 1 aromatic carbocycles. The zero-order valence-electron chi connectivity index (χ0n) is 21.8. The Morgan fingerprint density at radius 2 is 1.67 bits per heavy atom. The maximum atomic E-state index is 13.3. The molecular weight excluding hydrogens is 466 g/mol. The summed E-state index contributed by atoms with van der Waals surface area (Å²) in [4.78, 5) is 42.4. The summed E-state index contributed by atoms with van der Waals surface area (Å²) in [6.07, 6.45) is 1.33. The first kappa shape index (κ1) is 27.3. The van der Waals surface area contributed by atoms with E-state index in [1.807, 2.05) is 6.92 Å². The van der Waals surface area contributed by atoms with E-state index in [9.17, 15) is 14.4 Å². The largest absolute Gasteiger partial charge is 0.493 e. The lowest BCUT2D eigenvalue weighted by molar-refractivity contribution is -0.149. The molecule has 0 saturated carbocycles. The average Bonchev–Trinajstić information content (AvgIpc) is 2.88. The van der Waals surface area contributed by atoms with Crippen molar-refractivity contribution < 1.29 is 33.3 Å². The fourth-order valence-electron chi connectivity index (χ4n) is 4.74. The second-order valence-electron chi connectivity index (χ2n) is 8.62. The molecule has 10 heteroatoms. The number of hydrogen-bond acceptors (Lipinski definition) is 8. The molecule has 1 N–H and O–H groups in total.